The molecule has 0 saturated carbocycles. The van der Waals surface area contributed by atoms with Gasteiger partial charge in [0, 0.05) is 5.38 Å². The third-order valence-corrected chi connectivity index (χ3v) is 3.80. The van der Waals surface area contributed by atoms with E-state index in [1.54, 1.807) is 11.3 Å². The third-order valence-electron chi connectivity index (χ3n) is 2.01. The van der Waals surface area contributed by atoms with Crippen molar-refractivity contribution in [3.8, 4) is 11.5 Å². The number of aromatic nitrogens is 2. The fourth-order valence-electron chi connectivity index (χ4n) is 1.10. The minimum absolute atomic E-state index is 0.163. The molecule has 0 saturated heterocycles. The van der Waals surface area contributed by atoms with Gasteiger partial charge in [0.25, 0.3) is 0 Å². The van der Waals surface area contributed by atoms with Crippen LogP contribution in [0.3, 0.4) is 0 Å². The lowest BCUT2D eigenvalue weighted by Crippen LogP contribution is -2.08. The normalized spacial score (nSPS) is 13.0. The van der Waals surface area contributed by atoms with Crippen LogP contribution in [0.5, 0.6) is 0 Å². The molecule has 2 heterocycles. The van der Waals surface area contributed by atoms with Crippen molar-refractivity contribution >= 4 is 33.9 Å². The van der Waals surface area contributed by atoms with Crippen molar-refractivity contribution < 1.29 is 4.42 Å². The average molecular weight is 335 g/mol. The molecule has 4 nitrogen and oxygen atoms in total. The van der Waals surface area contributed by atoms with Gasteiger partial charge in [0.05, 0.1) is 14.5 Å². The minimum Gasteiger partial charge on any atom is -0.419 e. The summed E-state index contributed by atoms with van der Waals surface area (Å²) < 4.78 is 6.69. The molecule has 0 aliphatic heterocycles. The van der Waals surface area contributed by atoms with E-state index in [1.165, 1.54) is 2.88 Å². The molecule has 2 aromatic rings. The third kappa shape index (κ3) is 2.37. The molecule has 0 amide bonds. The van der Waals surface area contributed by atoms with E-state index in [2.05, 4.69) is 32.8 Å². The lowest BCUT2D eigenvalue weighted by atomic mass is 10.2. The highest BCUT2D eigenvalue weighted by atomic mass is 127. The van der Waals surface area contributed by atoms with E-state index in [0.717, 1.165) is 12.0 Å². The summed E-state index contributed by atoms with van der Waals surface area (Å²) in [7, 11) is 0. The van der Waals surface area contributed by atoms with Crippen molar-refractivity contribution in [3.63, 3.8) is 0 Å². The van der Waals surface area contributed by atoms with Gasteiger partial charge in [0.1, 0.15) is 0 Å². The van der Waals surface area contributed by atoms with Gasteiger partial charge in [0.2, 0.25) is 11.8 Å². The molecule has 0 fully saturated rings. The van der Waals surface area contributed by atoms with Crippen LogP contribution in [-0.4, -0.2) is 10.2 Å². The van der Waals surface area contributed by atoms with Crippen LogP contribution in [0.25, 0.3) is 11.5 Å². The predicted octanol–water partition coefficient (Wildman–Crippen LogP) is 2.81. The quantitative estimate of drug-likeness (QED) is 0.876. The second-order valence-corrected chi connectivity index (χ2v) is 5.91. The fraction of sp³-hybridized carbons (Fsp3) is 0.333. The average Bonchev–Trinajstić information content (AvgIpc) is 2.84. The van der Waals surface area contributed by atoms with Crippen molar-refractivity contribution in [1.82, 2.24) is 10.2 Å². The van der Waals surface area contributed by atoms with E-state index < -0.39 is 0 Å². The first-order chi connectivity index (χ1) is 7.20. The van der Waals surface area contributed by atoms with Crippen LogP contribution in [0.2, 0.25) is 0 Å². The zero-order valence-corrected chi connectivity index (χ0v) is 11.1. The van der Waals surface area contributed by atoms with Gasteiger partial charge in [-0.25, -0.2) is 0 Å². The molecule has 0 aliphatic carbocycles. The number of rotatable bonds is 3. The van der Waals surface area contributed by atoms with Gasteiger partial charge in [-0.15, -0.1) is 21.5 Å². The molecule has 0 spiro atoms. The first-order valence-electron chi connectivity index (χ1n) is 4.54. The maximum Gasteiger partial charge on any atom is 0.248 e. The Hall–Kier alpha value is -0.470. The topological polar surface area (TPSA) is 64.9 Å². The van der Waals surface area contributed by atoms with Crippen LogP contribution >= 0.6 is 33.9 Å². The Morgan fingerprint density at radius 2 is 2.40 bits per heavy atom. The summed E-state index contributed by atoms with van der Waals surface area (Å²) in [5.41, 5.74) is 6.76. The largest absolute Gasteiger partial charge is 0.419 e. The lowest BCUT2D eigenvalue weighted by Gasteiger charge is -1.99. The molecule has 0 radical (unpaired) electrons. The molecule has 2 rings (SSSR count). The Kier molecular flexibility index (Phi) is 3.37. The van der Waals surface area contributed by atoms with Crippen molar-refractivity contribution in [2.45, 2.75) is 19.4 Å². The smallest absolute Gasteiger partial charge is 0.248 e. The number of nitrogens with two attached hydrogens (primary N) is 1. The van der Waals surface area contributed by atoms with Gasteiger partial charge in [0.15, 0.2) is 0 Å². The molecule has 80 valence electrons. The van der Waals surface area contributed by atoms with Gasteiger partial charge >= 0.3 is 0 Å². The number of nitrogens with zero attached hydrogens (tertiary/aromatic N) is 2. The number of thiophene rings is 1. The Morgan fingerprint density at radius 3 is 3.00 bits per heavy atom. The number of hydrogen-bond donors (Lipinski definition) is 1. The molecule has 15 heavy (non-hydrogen) atoms. The zero-order valence-electron chi connectivity index (χ0n) is 8.11. The molecule has 2 N–H and O–H groups in total. The van der Waals surface area contributed by atoms with Crippen molar-refractivity contribution in [2.24, 2.45) is 5.73 Å². The summed E-state index contributed by atoms with van der Waals surface area (Å²) in [5, 5.41) is 9.91. The Balaban J connectivity index is 2.27. The van der Waals surface area contributed by atoms with Gasteiger partial charge in [-0.1, -0.05) is 6.92 Å². The van der Waals surface area contributed by atoms with E-state index in [0.29, 0.717) is 11.8 Å². The second-order valence-electron chi connectivity index (χ2n) is 3.10. The Morgan fingerprint density at radius 1 is 1.60 bits per heavy atom. The maximum atomic E-state index is 5.80. The minimum atomic E-state index is -0.163. The molecular formula is C9H10IN3OS. The van der Waals surface area contributed by atoms with Crippen molar-refractivity contribution in [2.75, 3.05) is 0 Å². The summed E-state index contributed by atoms with van der Waals surface area (Å²) in [6.07, 6.45) is 0.794. The summed E-state index contributed by atoms with van der Waals surface area (Å²) in [4.78, 5) is 0. The first kappa shape index (κ1) is 11.0. The van der Waals surface area contributed by atoms with Crippen LogP contribution in [0, 0.1) is 2.88 Å². The summed E-state index contributed by atoms with van der Waals surface area (Å²) in [6, 6.07) is 1.85. The van der Waals surface area contributed by atoms with Crippen LogP contribution in [0.4, 0.5) is 0 Å². The standard InChI is InChI=1S/C9H10IN3OS/c1-2-6(11)9-13-12-8(14-9)5-3-7(10)15-4-5/h3-4,6H,2,11H2,1H3. The second kappa shape index (κ2) is 4.58. The summed E-state index contributed by atoms with van der Waals surface area (Å²) in [6.45, 7) is 1.99. The van der Waals surface area contributed by atoms with Crippen molar-refractivity contribution in [3.05, 3.63) is 20.2 Å². The van der Waals surface area contributed by atoms with Crippen LogP contribution < -0.4 is 5.73 Å². The summed E-state index contributed by atoms with van der Waals surface area (Å²) in [5.74, 6) is 1.06. The summed E-state index contributed by atoms with van der Waals surface area (Å²) >= 11 is 3.91. The molecule has 0 aliphatic rings. The van der Waals surface area contributed by atoms with Gasteiger partial charge in [-0.3, -0.25) is 0 Å². The number of hydrogen-bond acceptors (Lipinski definition) is 5. The molecule has 2 aromatic heterocycles. The highest BCUT2D eigenvalue weighted by Gasteiger charge is 2.14. The highest BCUT2D eigenvalue weighted by molar-refractivity contribution is 14.1. The van der Waals surface area contributed by atoms with Gasteiger partial charge < -0.3 is 10.2 Å². The number of halogens is 1. The molecule has 0 bridgehead atoms. The predicted molar refractivity (Wildman–Crippen MR) is 67.5 cm³/mol. The van der Waals surface area contributed by atoms with E-state index >= 15 is 0 Å². The SMILES string of the molecule is CCC(N)c1nnc(-c2csc(I)c2)o1. The zero-order chi connectivity index (χ0) is 10.8. The highest BCUT2D eigenvalue weighted by Crippen LogP contribution is 2.26. The first-order valence-corrected chi connectivity index (χ1v) is 6.50. The van der Waals surface area contributed by atoms with E-state index in [9.17, 15) is 0 Å². The van der Waals surface area contributed by atoms with Crippen molar-refractivity contribution in [1.29, 1.82) is 0 Å². The van der Waals surface area contributed by atoms with Crippen LogP contribution in [0.15, 0.2) is 15.9 Å². The molecule has 1 atom stereocenters. The molecule has 0 aromatic carbocycles. The molecular weight excluding hydrogens is 325 g/mol. The van der Waals surface area contributed by atoms with Crippen LogP contribution in [0.1, 0.15) is 25.3 Å². The maximum absolute atomic E-state index is 5.80. The van der Waals surface area contributed by atoms with E-state index in [1.807, 2.05) is 18.4 Å². The molecule has 1 unspecified atom stereocenters. The van der Waals surface area contributed by atoms with E-state index in [4.69, 9.17) is 10.2 Å². The Bertz CT molecular complexity index is 454. The lowest BCUT2D eigenvalue weighted by molar-refractivity contribution is 0.453. The fourth-order valence-corrected chi connectivity index (χ4v) is 2.42. The van der Waals surface area contributed by atoms with Crippen LogP contribution in [-0.2, 0) is 0 Å². The Labute approximate surface area is 105 Å². The van der Waals surface area contributed by atoms with Gasteiger partial charge in [-0.05, 0) is 35.1 Å². The molecule has 6 heteroatoms. The van der Waals surface area contributed by atoms with E-state index in [-0.39, 0.29) is 6.04 Å². The van der Waals surface area contributed by atoms with Gasteiger partial charge in [-0.2, -0.15) is 0 Å². The monoisotopic (exact) mass is 335 g/mol.